The van der Waals surface area contributed by atoms with Crippen LogP contribution in [0.2, 0.25) is 0 Å². The van der Waals surface area contributed by atoms with Gasteiger partial charge in [-0.15, -0.1) is 0 Å². The molecule has 2 amide bonds. The van der Waals surface area contributed by atoms with Crippen LogP contribution in [0.1, 0.15) is 18.5 Å². The lowest BCUT2D eigenvalue weighted by atomic mass is 10.1. The first-order chi connectivity index (χ1) is 11.2. The smallest absolute Gasteiger partial charge is 0.319 e. The van der Waals surface area contributed by atoms with Crippen LogP contribution in [0.15, 0.2) is 67.1 Å². The molecule has 116 valence electrons. The van der Waals surface area contributed by atoms with E-state index in [2.05, 4.69) is 20.7 Å². The molecule has 23 heavy (non-hydrogen) atoms. The number of hydrogen-bond acceptors (Lipinski definition) is 3. The summed E-state index contributed by atoms with van der Waals surface area (Å²) in [6, 6.07) is 15.0. The average Bonchev–Trinajstić information content (AvgIpc) is 3.04. The van der Waals surface area contributed by atoms with E-state index >= 15 is 0 Å². The van der Waals surface area contributed by atoms with Gasteiger partial charge in [0.15, 0.2) is 5.82 Å². The highest BCUT2D eigenvalue weighted by Gasteiger charge is 2.10. The molecule has 0 bridgehead atoms. The summed E-state index contributed by atoms with van der Waals surface area (Å²) in [6.07, 6.45) is 4.99. The zero-order valence-electron chi connectivity index (χ0n) is 12.7. The monoisotopic (exact) mass is 307 g/mol. The maximum Gasteiger partial charge on any atom is 0.319 e. The van der Waals surface area contributed by atoms with E-state index < -0.39 is 0 Å². The van der Waals surface area contributed by atoms with Crippen LogP contribution in [0.4, 0.5) is 10.5 Å². The van der Waals surface area contributed by atoms with E-state index in [1.54, 1.807) is 23.3 Å². The standard InChI is InChI=1S/C17H17N5O/c1-13(14-7-3-2-4-8-14)20-17(23)21-15-11-19-22(12-15)16-9-5-6-10-18-16/h2-13H,1H3,(H2,20,21,23)/t13-/m0/s1. The van der Waals surface area contributed by atoms with Crippen LogP contribution in [0.3, 0.4) is 0 Å². The molecule has 1 atom stereocenters. The van der Waals surface area contributed by atoms with E-state index in [1.165, 1.54) is 0 Å². The van der Waals surface area contributed by atoms with Crippen molar-refractivity contribution in [1.29, 1.82) is 0 Å². The zero-order chi connectivity index (χ0) is 16.1. The van der Waals surface area contributed by atoms with Crippen molar-refractivity contribution < 1.29 is 4.79 Å². The Morgan fingerprint density at radius 3 is 2.65 bits per heavy atom. The first-order valence-electron chi connectivity index (χ1n) is 7.31. The van der Waals surface area contributed by atoms with Crippen LogP contribution in [0.5, 0.6) is 0 Å². The van der Waals surface area contributed by atoms with E-state index in [9.17, 15) is 4.79 Å². The van der Waals surface area contributed by atoms with Gasteiger partial charge >= 0.3 is 6.03 Å². The number of carbonyl (C=O) groups excluding carboxylic acids is 1. The van der Waals surface area contributed by atoms with Gasteiger partial charge in [0, 0.05) is 6.20 Å². The molecule has 0 aliphatic carbocycles. The fourth-order valence-corrected chi connectivity index (χ4v) is 2.19. The Kier molecular flexibility index (Phi) is 4.33. The number of hydrogen-bond donors (Lipinski definition) is 2. The molecule has 0 saturated carbocycles. The van der Waals surface area contributed by atoms with Crippen molar-refractivity contribution in [1.82, 2.24) is 20.1 Å². The predicted molar refractivity (Wildman–Crippen MR) is 88.4 cm³/mol. The SMILES string of the molecule is C[C@H](NC(=O)Nc1cnn(-c2ccccn2)c1)c1ccccc1. The molecule has 0 radical (unpaired) electrons. The van der Waals surface area contributed by atoms with E-state index in [4.69, 9.17) is 0 Å². The molecule has 6 heteroatoms. The Hall–Kier alpha value is -3.15. The van der Waals surface area contributed by atoms with Gasteiger partial charge in [0.05, 0.1) is 24.1 Å². The summed E-state index contributed by atoms with van der Waals surface area (Å²) in [5.74, 6) is 0.693. The largest absolute Gasteiger partial charge is 0.331 e. The van der Waals surface area contributed by atoms with E-state index in [0.717, 1.165) is 5.56 Å². The highest BCUT2D eigenvalue weighted by molar-refractivity contribution is 5.89. The number of pyridine rings is 1. The van der Waals surface area contributed by atoms with Crippen LogP contribution in [-0.4, -0.2) is 20.8 Å². The number of aromatic nitrogens is 3. The maximum atomic E-state index is 12.1. The third-order valence-electron chi connectivity index (χ3n) is 3.37. The first kappa shape index (κ1) is 14.8. The summed E-state index contributed by atoms with van der Waals surface area (Å²) in [5, 5.41) is 9.85. The number of urea groups is 1. The number of rotatable bonds is 4. The number of nitrogens with one attached hydrogen (secondary N) is 2. The summed E-state index contributed by atoms with van der Waals surface area (Å²) in [7, 11) is 0. The van der Waals surface area contributed by atoms with Crippen molar-refractivity contribution in [2.75, 3.05) is 5.32 Å². The van der Waals surface area contributed by atoms with Crippen molar-refractivity contribution >= 4 is 11.7 Å². The molecule has 2 N–H and O–H groups in total. The topological polar surface area (TPSA) is 71.8 Å². The molecule has 0 aliphatic heterocycles. The molecule has 0 aliphatic rings. The number of nitrogens with zero attached hydrogens (tertiary/aromatic N) is 3. The van der Waals surface area contributed by atoms with Crippen LogP contribution < -0.4 is 10.6 Å². The lowest BCUT2D eigenvalue weighted by molar-refractivity contribution is 0.249. The zero-order valence-corrected chi connectivity index (χ0v) is 12.7. The van der Waals surface area contributed by atoms with Crippen LogP contribution in [0.25, 0.3) is 5.82 Å². The molecule has 0 saturated heterocycles. The molecule has 6 nitrogen and oxygen atoms in total. The predicted octanol–water partition coefficient (Wildman–Crippen LogP) is 3.15. The quantitative estimate of drug-likeness (QED) is 0.777. The normalized spacial score (nSPS) is 11.7. The molecule has 0 fully saturated rings. The fourth-order valence-electron chi connectivity index (χ4n) is 2.19. The molecule has 3 rings (SSSR count). The minimum absolute atomic E-state index is 0.0814. The second-order valence-corrected chi connectivity index (χ2v) is 5.09. The van der Waals surface area contributed by atoms with Crippen molar-refractivity contribution in [2.45, 2.75) is 13.0 Å². The average molecular weight is 307 g/mol. The summed E-state index contributed by atoms with van der Waals surface area (Å²) < 4.78 is 1.61. The van der Waals surface area contributed by atoms with Gasteiger partial charge in [-0.2, -0.15) is 5.10 Å². The first-order valence-corrected chi connectivity index (χ1v) is 7.31. The fraction of sp³-hybridized carbons (Fsp3) is 0.118. The summed E-state index contributed by atoms with van der Waals surface area (Å²) >= 11 is 0. The van der Waals surface area contributed by atoms with Crippen molar-refractivity contribution in [3.63, 3.8) is 0 Å². The Balaban J connectivity index is 1.61. The van der Waals surface area contributed by atoms with Gasteiger partial charge in [0.1, 0.15) is 0 Å². The molecule has 0 spiro atoms. The number of amides is 2. The van der Waals surface area contributed by atoms with Crippen molar-refractivity contribution in [2.24, 2.45) is 0 Å². The molecule has 2 aromatic heterocycles. The lowest BCUT2D eigenvalue weighted by Gasteiger charge is -2.14. The number of carbonyl (C=O) groups is 1. The second kappa shape index (κ2) is 6.74. The third kappa shape index (κ3) is 3.74. The minimum Gasteiger partial charge on any atom is -0.331 e. The van der Waals surface area contributed by atoms with Gasteiger partial charge < -0.3 is 10.6 Å². The molecule has 3 aromatic rings. The third-order valence-corrected chi connectivity index (χ3v) is 3.37. The maximum absolute atomic E-state index is 12.1. The number of benzene rings is 1. The van der Waals surface area contributed by atoms with Crippen LogP contribution >= 0.6 is 0 Å². The van der Waals surface area contributed by atoms with E-state index in [1.807, 2.05) is 55.5 Å². The Labute approximate surface area is 134 Å². The minimum atomic E-state index is -0.276. The highest BCUT2D eigenvalue weighted by Crippen LogP contribution is 2.13. The highest BCUT2D eigenvalue weighted by atomic mass is 16.2. The van der Waals surface area contributed by atoms with E-state index in [0.29, 0.717) is 11.5 Å². The van der Waals surface area contributed by atoms with Crippen molar-refractivity contribution in [3.8, 4) is 5.82 Å². The van der Waals surface area contributed by atoms with Gasteiger partial charge in [0.25, 0.3) is 0 Å². The molecular weight excluding hydrogens is 290 g/mol. The molecular formula is C17H17N5O. The van der Waals surface area contributed by atoms with Gasteiger partial charge in [-0.1, -0.05) is 36.4 Å². The van der Waals surface area contributed by atoms with Gasteiger partial charge in [-0.25, -0.2) is 14.5 Å². The molecule has 1 aromatic carbocycles. The van der Waals surface area contributed by atoms with Gasteiger partial charge in [-0.3, -0.25) is 0 Å². The van der Waals surface area contributed by atoms with Crippen LogP contribution in [0, 0.1) is 0 Å². The van der Waals surface area contributed by atoms with Gasteiger partial charge in [-0.05, 0) is 24.6 Å². The molecule has 0 unspecified atom stereocenters. The summed E-state index contributed by atoms with van der Waals surface area (Å²) in [6.45, 7) is 1.94. The van der Waals surface area contributed by atoms with Crippen LogP contribution in [-0.2, 0) is 0 Å². The summed E-state index contributed by atoms with van der Waals surface area (Å²) in [5.41, 5.74) is 1.65. The van der Waals surface area contributed by atoms with Crippen molar-refractivity contribution in [3.05, 3.63) is 72.7 Å². The summed E-state index contributed by atoms with van der Waals surface area (Å²) in [4.78, 5) is 16.3. The lowest BCUT2D eigenvalue weighted by Crippen LogP contribution is -2.31. The van der Waals surface area contributed by atoms with E-state index in [-0.39, 0.29) is 12.1 Å². The second-order valence-electron chi connectivity index (χ2n) is 5.09. The molecule has 2 heterocycles. The Morgan fingerprint density at radius 2 is 1.91 bits per heavy atom. The Morgan fingerprint density at radius 1 is 1.13 bits per heavy atom. The Bertz CT molecular complexity index is 770. The number of anilines is 1. The van der Waals surface area contributed by atoms with Gasteiger partial charge in [0.2, 0.25) is 0 Å².